The summed E-state index contributed by atoms with van der Waals surface area (Å²) in [5.41, 5.74) is 0.816. The lowest BCUT2D eigenvalue weighted by molar-refractivity contribution is 0.0922. The van der Waals surface area contributed by atoms with E-state index < -0.39 is 0 Å². The van der Waals surface area contributed by atoms with E-state index >= 15 is 0 Å². The molecular weight excluding hydrogens is 325 g/mol. The third-order valence-electron chi connectivity index (χ3n) is 4.17. The van der Waals surface area contributed by atoms with Gasteiger partial charge >= 0.3 is 0 Å². The van der Waals surface area contributed by atoms with Crippen LogP contribution in [0, 0.1) is 15.4 Å². The molecule has 1 aromatic carbocycles. The van der Waals surface area contributed by atoms with Gasteiger partial charge in [0.05, 0.1) is 5.56 Å². The molecule has 2 aliphatic carbocycles. The third kappa shape index (κ3) is 2.21. The Morgan fingerprint density at radius 2 is 2.06 bits per heavy atom. The summed E-state index contributed by atoms with van der Waals surface area (Å²) in [5, 5.41) is 3.22. The summed E-state index contributed by atoms with van der Waals surface area (Å²) in [5.74, 6) is 1.72. The van der Waals surface area contributed by atoms with Gasteiger partial charge in [0.15, 0.2) is 0 Å². The summed E-state index contributed by atoms with van der Waals surface area (Å²) in [4.78, 5) is 12.2. The fourth-order valence-electron chi connectivity index (χ4n) is 3.31. The lowest BCUT2D eigenvalue weighted by atomic mass is 9.95. The number of carbonyl (C=O) groups is 1. The topological polar surface area (TPSA) is 29.1 Å². The highest BCUT2D eigenvalue weighted by Gasteiger charge is 2.40. The van der Waals surface area contributed by atoms with Crippen molar-refractivity contribution in [1.29, 1.82) is 0 Å². The minimum absolute atomic E-state index is 0.104. The molecule has 2 bridgehead atoms. The van der Waals surface area contributed by atoms with Crippen LogP contribution < -0.4 is 5.32 Å². The van der Waals surface area contributed by atoms with Gasteiger partial charge in [-0.1, -0.05) is 18.6 Å². The van der Waals surface area contributed by atoms with Crippen LogP contribution in [-0.4, -0.2) is 11.9 Å². The summed E-state index contributed by atoms with van der Waals surface area (Å²) in [7, 11) is 0. The van der Waals surface area contributed by atoms with Crippen LogP contribution in [0.4, 0.5) is 0 Å². The number of amides is 1. The van der Waals surface area contributed by atoms with Gasteiger partial charge < -0.3 is 5.32 Å². The number of nitrogens with one attached hydrogen (secondary N) is 1. The molecule has 0 saturated heterocycles. The van der Waals surface area contributed by atoms with Gasteiger partial charge in [-0.3, -0.25) is 4.79 Å². The van der Waals surface area contributed by atoms with E-state index in [1.54, 1.807) is 0 Å². The smallest absolute Gasteiger partial charge is 0.252 e. The van der Waals surface area contributed by atoms with Crippen LogP contribution in [-0.2, 0) is 0 Å². The van der Waals surface area contributed by atoms with Crippen LogP contribution in [0.3, 0.4) is 0 Å². The first-order valence-corrected chi connectivity index (χ1v) is 7.37. The van der Waals surface area contributed by atoms with E-state index in [1.165, 1.54) is 25.7 Å². The zero-order valence-electron chi connectivity index (χ0n) is 9.66. The van der Waals surface area contributed by atoms with Crippen LogP contribution in [0.15, 0.2) is 24.3 Å². The molecular formula is C14H16INO. The average molecular weight is 341 g/mol. The van der Waals surface area contributed by atoms with Crippen molar-refractivity contribution < 1.29 is 4.79 Å². The summed E-state index contributed by atoms with van der Waals surface area (Å²) in [6, 6.07) is 8.21. The average Bonchev–Trinajstić information content (AvgIpc) is 2.91. The molecule has 0 aliphatic heterocycles. The van der Waals surface area contributed by atoms with Gasteiger partial charge in [-0.15, -0.1) is 0 Å². The van der Waals surface area contributed by atoms with Crippen molar-refractivity contribution in [2.45, 2.75) is 31.7 Å². The van der Waals surface area contributed by atoms with Crippen molar-refractivity contribution in [3.05, 3.63) is 33.4 Å². The molecule has 3 unspecified atom stereocenters. The zero-order chi connectivity index (χ0) is 11.8. The fourth-order valence-corrected chi connectivity index (χ4v) is 3.95. The number of halogens is 1. The largest absolute Gasteiger partial charge is 0.349 e. The van der Waals surface area contributed by atoms with Crippen molar-refractivity contribution >= 4 is 28.5 Å². The van der Waals surface area contributed by atoms with Gasteiger partial charge in [-0.05, 0) is 65.8 Å². The molecule has 1 N–H and O–H groups in total. The fraction of sp³-hybridized carbons (Fsp3) is 0.500. The molecule has 2 saturated carbocycles. The van der Waals surface area contributed by atoms with Gasteiger partial charge in [-0.25, -0.2) is 0 Å². The predicted octanol–water partition coefficient (Wildman–Crippen LogP) is 3.21. The van der Waals surface area contributed by atoms with Gasteiger partial charge in [-0.2, -0.15) is 0 Å². The number of hydrogen-bond acceptors (Lipinski definition) is 1. The highest BCUT2D eigenvalue weighted by Crippen LogP contribution is 2.44. The molecule has 1 aromatic rings. The summed E-state index contributed by atoms with van der Waals surface area (Å²) in [6.07, 6.45) is 5.21. The van der Waals surface area contributed by atoms with Gasteiger partial charge in [0.25, 0.3) is 5.91 Å². The van der Waals surface area contributed by atoms with Crippen molar-refractivity contribution in [2.75, 3.05) is 0 Å². The van der Waals surface area contributed by atoms with Gasteiger partial charge in [0.1, 0.15) is 0 Å². The van der Waals surface area contributed by atoms with E-state index in [9.17, 15) is 4.79 Å². The number of rotatable bonds is 2. The number of carbonyl (C=O) groups excluding carboxylic acids is 1. The Bertz CT molecular complexity index is 446. The minimum Gasteiger partial charge on any atom is -0.349 e. The van der Waals surface area contributed by atoms with E-state index in [2.05, 4.69) is 27.9 Å². The Labute approximate surface area is 115 Å². The molecule has 3 rings (SSSR count). The highest BCUT2D eigenvalue weighted by molar-refractivity contribution is 14.1. The first kappa shape index (κ1) is 11.5. The molecule has 0 spiro atoms. The molecule has 90 valence electrons. The molecule has 17 heavy (non-hydrogen) atoms. The molecule has 3 atom stereocenters. The van der Waals surface area contributed by atoms with Gasteiger partial charge in [0.2, 0.25) is 0 Å². The van der Waals surface area contributed by atoms with Crippen LogP contribution in [0.25, 0.3) is 0 Å². The number of benzene rings is 1. The molecule has 3 heteroatoms. The van der Waals surface area contributed by atoms with E-state index in [4.69, 9.17) is 0 Å². The summed E-state index contributed by atoms with van der Waals surface area (Å²) in [6.45, 7) is 0. The van der Waals surface area contributed by atoms with E-state index in [0.717, 1.165) is 21.0 Å². The molecule has 0 radical (unpaired) electrons. The molecule has 0 aromatic heterocycles. The highest BCUT2D eigenvalue weighted by atomic mass is 127. The van der Waals surface area contributed by atoms with E-state index in [-0.39, 0.29) is 5.91 Å². The van der Waals surface area contributed by atoms with Crippen molar-refractivity contribution in [3.8, 4) is 0 Å². The zero-order valence-corrected chi connectivity index (χ0v) is 11.8. The second kappa shape index (κ2) is 4.59. The van der Waals surface area contributed by atoms with Crippen LogP contribution in [0.2, 0.25) is 0 Å². The molecule has 2 nitrogen and oxygen atoms in total. The standard InChI is InChI=1S/C14H16INO/c15-12-4-2-1-3-11(12)14(17)16-13-8-9-5-6-10(13)7-9/h1-4,9-10,13H,5-8H2,(H,16,17). The molecule has 0 heterocycles. The minimum atomic E-state index is 0.104. The molecule has 2 fully saturated rings. The van der Waals surface area contributed by atoms with Crippen LogP contribution in [0.5, 0.6) is 0 Å². The Morgan fingerprint density at radius 1 is 1.24 bits per heavy atom. The lowest BCUT2D eigenvalue weighted by Crippen LogP contribution is -2.38. The van der Waals surface area contributed by atoms with Crippen molar-refractivity contribution in [2.24, 2.45) is 11.8 Å². The number of fused-ring (bicyclic) bond motifs is 2. The Hall–Kier alpha value is -0.580. The maximum Gasteiger partial charge on any atom is 0.252 e. The normalized spacial score (nSPS) is 30.5. The molecule has 1 amide bonds. The van der Waals surface area contributed by atoms with E-state index in [1.807, 2.05) is 24.3 Å². The summed E-state index contributed by atoms with van der Waals surface area (Å²) < 4.78 is 1.03. The Kier molecular flexibility index (Phi) is 3.11. The maximum atomic E-state index is 12.2. The van der Waals surface area contributed by atoms with Crippen LogP contribution in [0.1, 0.15) is 36.0 Å². The molecule has 2 aliphatic rings. The second-order valence-corrected chi connectivity index (χ2v) is 6.40. The van der Waals surface area contributed by atoms with Crippen LogP contribution >= 0.6 is 22.6 Å². The first-order chi connectivity index (χ1) is 8.24. The van der Waals surface area contributed by atoms with Crippen molar-refractivity contribution in [3.63, 3.8) is 0 Å². The Balaban J connectivity index is 1.70. The summed E-state index contributed by atoms with van der Waals surface area (Å²) >= 11 is 2.22. The SMILES string of the molecule is O=C(NC1CC2CCC1C2)c1ccccc1I. The maximum absolute atomic E-state index is 12.2. The third-order valence-corrected chi connectivity index (χ3v) is 5.11. The quantitative estimate of drug-likeness (QED) is 0.823. The van der Waals surface area contributed by atoms with Crippen molar-refractivity contribution in [1.82, 2.24) is 5.32 Å². The number of hydrogen-bond donors (Lipinski definition) is 1. The first-order valence-electron chi connectivity index (χ1n) is 6.29. The van der Waals surface area contributed by atoms with Gasteiger partial charge in [0, 0.05) is 9.61 Å². The predicted molar refractivity (Wildman–Crippen MR) is 75.9 cm³/mol. The monoisotopic (exact) mass is 341 g/mol. The Morgan fingerprint density at radius 3 is 2.71 bits per heavy atom. The lowest BCUT2D eigenvalue weighted by Gasteiger charge is -2.23. The van der Waals surface area contributed by atoms with E-state index in [0.29, 0.717) is 6.04 Å². The second-order valence-electron chi connectivity index (χ2n) is 5.23.